The SMILES string of the molecule is CCn1ncnc1CC1(N)CC(C)CC(C)C1. The fraction of sp³-hybridized carbons (Fsp3) is 0.846. The molecule has 1 aromatic rings. The van der Waals surface area contributed by atoms with Crippen LogP contribution in [0.3, 0.4) is 0 Å². The van der Waals surface area contributed by atoms with E-state index in [1.165, 1.54) is 6.42 Å². The normalized spacial score (nSPS) is 33.9. The van der Waals surface area contributed by atoms with Crippen LogP contribution in [-0.4, -0.2) is 20.3 Å². The summed E-state index contributed by atoms with van der Waals surface area (Å²) in [5.41, 5.74) is 6.49. The zero-order valence-corrected chi connectivity index (χ0v) is 11.2. The molecule has 1 aliphatic carbocycles. The minimum atomic E-state index is -0.0863. The van der Waals surface area contributed by atoms with Crippen molar-refractivity contribution in [2.45, 2.75) is 58.5 Å². The molecule has 1 saturated carbocycles. The van der Waals surface area contributed by atoms with Crippen LogP contribution in [0.2, 0.25) is 0 Å². The Morgan fingerprint density at radius 3 is 2.65 bits per heavy atom. The molecule has 1 aliphatic rings. The van der Waals surface area contributed by atoms with Crippen molar-refractivity contribution in [3.8, 4) is 0 Å². The third-order valence-corrected chi connectivity index (χ3v) is 3.82. The molecular formula is C13H24N4. The van der Waals surface area contributed by atoms with Crippen LogP contribution in [0.25, 0.3) is 0 Å². The predicted octanol–water partition coefficient (Wildman–Crippen LogP) is 1.99. The molecule has 0 amide bonds. The van der Waals surface area contributed by atoms with Crippen molar-refractivity contribution in [1.82, 2.24) is 14.8 Å². The molecule has 4 nitrogen and oxygen atoms in total. The molecule has 0 aliphatic heterocycles. The first-order valence-electron chi connectivity index (χ1n) is 6.68. The Labute approximate surface area is 104 Å². The van der Waals surface area contributed by atoms with Crippen LogP contribution >= 0.6 is 0 Å². The molecule has 2 rings (SSSR count). The summed E-state index contributed by atoms with van der Waals surface area (Å²) in [6.45, 7) is 7.58. The predicted molar refractivity (Wildman–Crippen MR) is 68.5 cm³/mol. The second-order valence-corrected chi connectivity index (χ2v) is 5.89. The van der Waals surface area contributed by atoms with Gasteiger partial charge in [-0.25, -0.2) is 4.98 Å². The van der Waals surface area contributed by atoms with Gasteiger partial charge < -0.3 is 5.73 Å². The Bertz CT molecular complexity index is 361. The molecule has 0 saturated heterocycles. The number of hydrogen-bond acceptors (Lipinski definition) is 3. The summed E-state index contributed by atoms with van der Waals surface area (Å²) in [6, 6.07) is 0. The lowest BCUT2D eigenvalue weighted by Crippen LogP contribution is -2.48. The molecule has 2 atom stereocenters. The highest BCUT2D eigenvalue weighted by atomic mass is 15.3. The van der Waals surface area contributed by atoms with Gasteiger partial charge >= 0.3 is 0 Å². The van der Waals surface area contributed by atoms with E-state index in [4.69, 9.17) is 5.73 Å². The zero-order valence-electron chi connectivity index (χ0n) is 11.2. The maximum absolute atomic E-state index is 6.57. The summed E-state index contributed by atoms with van der Waals surface area (Å²) < 4.78 is 1.96. The minimum absolute atomic E-state index is 0.0863. The van der Waals surface area contributed by atoms with Gasteiger partial charge in [-0.1, -0.05) is 13.8 Å². The van der Waals surface area contributed by atoms with Crippen LogP contribution in [-0.2, 0) is 13.0 Å². The van der Waals surface area contributed by atoms with Crippen molar-refractivity contribution in [3.05, 3.63) is 12.2 Å². The number of nitrogens with two attached hydrogens (primary N) is 1. The number of aromatic nitrogens is 3. The third kappa shape index (κ3) is 2.86. The Morgan fingerprint density at radius 2 is 2.06 bits per heavy atom. The van der Waals surface area contributed by atoms with E-state index in [9.17, 15) is 0 Å². The van der Waals surface area contributed by atoms with E-state index in [0.717, 1.165) is 43.5 Å². The van der Waals surface area contributed by atoms with Gasteiger partial charge in [0, 0.05) is 18.5 Å². The van der Waals surface area contributed by atoms with Crippen LogP contribution in [0.15, 0.2) is 6.33 Å². The Morgan fingerprint density at radius 1 is 1.41 bits per heavy atom. The lowest BCUT2D eigenvalue weighted by Gasteiger charge is -2.40. The lowest BCUT2D eigenvalue weighted by molar-refractivity contribution is 0.178. The molecule has 0 aromatic carbocycles. The summed E-state index contributed by atoms with van der Waals surface area (Å²) in [4.78, 5) is 4.35. The van der Waals surface area contributed by atoms with Crippen molar-refractivity contribution in [2.24, 2.45) is 17.6 Å². The topological polar surface area (TPSA) is 56.7 Å². The maximum atomic E-state index is 6.57. The van der Waals surface area contributed by atoms with E-state index < -0.39 is 0 Å². The molecular weight excluding hydrogens is 212 g/mol. The molecule has 1 aromatic heterocycles. The Hall–Kier alpha value is -0.900. The van der Waals surface area contributed by atoms with Crippen molar-refractivity contribution < 1.29 is 0 Å². The largest absolute Gasteiger partial charge is 0.325 e. The molecule has 1 fully saturated rings. The molecule has 0 spiro atoms. The van der Waals surface area contributed by atoms with E-state index in [0.29, 0.717) is 0 Å². The average molecular weight is 236 g/mol. The van der Waals surface area contributed by atoms with Crippen molar-refractivity contribution >= 4 is 0 Å². The third-order valence-electron chi connectivity index (χ3n) is 3.82. The van der Waals surface area contributed by atoms with Crippen LogP contribution in [0.1, 0.15) is 45.9 Å². The fourth-order valence-corrected chi connectivity index (χ4v) is 3.47. The van der Waals surface area contributed by atoms with Gasteiger partial charge in [0.05, 0.1) is 0 Å². The summed E-state index contributed by atoms with van der Waals surface area (Å²) in [7, 11) is 0. The van der Waals surface area contributed by atoms with E-state index in [2.05, 4.69) is 30.9 Å². The summed E-state index contributed by atoms with van der Waals surface area (Å²) in [6.07, 6.45) is 6.01. The van der Waals surface area contributed by atoms with Gasteiger partial charge in [0.15, 0.2) is 0 Å². The number of hydrogen-bond donors (Lipinski definition) is 1. The molecule has 4 heteroatoms. The van der Waals surface area contributed by atoms with Crippen molar-refractivity contribution in [1.29, 1.82) is 0 Å². The second-order valence-electron chi connectivity index (χ2n) is 5.89. The van der Waals surface area contributed by atoms with Gasteiger partial charge in [0.2, 0.25) is 0 Å². The van der Waals surface area contributed by atoms with Gasteiger partial charge in [-0.2, -0.15) is 5.10 Å². The van der Waals surface area contributed by atoms with E-state index in [1.807, 2.05) is 4.68 Å². The average Bonchev–Trinajstić information content (AvgIpc) is 2.61. The summed E-state index contributed by atoms with van der Waals surface area (Å²) in [5, 5.41) is 4.22. The van der Waals surface area contributed by atoms with Gasteiger partial charge in [-0.3, -0.25) is 4.68 Å². The van der Waals surface area contributed by atoms with E-state index in [-0.39, 0.29) is 5.54 Å². The maximum Gasteiger partial charge on any atom is 0.138 e. The van der Waals surface area contributed by atoms with Crippen LogP contribution in [0.5, 0.6) is 0 Å². The second kappa shape index (κ2) is 4.77. The van der Waals surface area contributed by atoms with Gasteiger partial charge in [0.25, 0.3) is 0 Å². The highest BCUT2D eigenvalue weighted by molar-refractivity contribution is 5.01. The first-order chi connectivity index (χ1) is 8.02. The van der Waals surface area contributed by atoms with Crippen molar-refractivity contribution in [3.63, 3.8) is 0 Å². The quantitative estimate of drug-likeness (QED) is 0.873. The molecule has 2 unspecified atom stereocenters. The highest BCUT2D eigenvalue weighted by Crippen LogP contribution is 2.36. The number of aryl methyl sites for hydroxylation is 1. The number of nitrogens with zero attached hydrogens (tertiary/aromatic N) is 3. The van der Waals surface area contributed by atoms with Crippen LogP contribution in [0, 0.1) is 11.8 Å². The molecule has 1 heterocycles. The van der Waals surface area contributed by atoms with Gasteiger partial charge in [0.1, 0.15) is 12.2 Å². The lowest BCUT2D eigenvalue weighted by atomic mass is 9.70. The van der Waals surface area contributed by atoms with Gasteiger partial charge in [-0.05, 0) is 38.0 Å². The fourth-order valence-electron chi connectivity index (χ4n) is 3.47. The van der Waals surface area contributed by atoms with Crippen molar-refractivity contribution in [2.75, 3.05) is 0 Å². The van der Waals surface area contributed by atoms with E-state index in [1.54, 1.807) is 6.33 Å². The zero-order chi connectivity index (χ0) is 12.5. The summed E-state index contributed by atoms with van der Waals surface area (Å²) >= 11 is 0. The van der Waals surface area contributed by atoms with Crippen LogP contribution < -0.4 is 5.73 Å². The Kier molecular flexibility index (Phi) is 3.52. The summed E-state index contributed by atoms with van der Waals surface area (Å²) in [5.74, 6) is 2.49. The van der Waals surface area contributed by atoms with Gasteiger partial charge in [-0.15, -0.1) is 0 Å². The highest BCUT2D eigenvalue weighted by Gasteiger charge is 2.35. The number of rotatable bonds is 3. The minimum Gasteiger partial charge on any atom is -0.325 e. The molecule has 2 N–H and O–H groups in total. The first-order valence-corrected chi connectivity index (χ1v) is 6.68. The Balaban J connectivity index is 2.11. The standard InChI is InChI=1S/C13H24N4/c1-4-17-12(15-9-16-17)8-13(14)6-10(2)5-11(3)7-13/h9-11H,4-8,14H2,1-3H3. The molecule has 0 bridgehead atoms. The van der Waals surface area contributed by atoms with Crippen LogP contribution in [0.4, 0.5) is 0 Å². The van der Waals surface area contributed by atoms with E-state index >= 15 is 0 Å². The smallest absolute Gasteiger partial charge is 0.138 e. The molecule has 96 valence electrons. The first kappa shape index (κ1) is 12.6. The monoisotopic (exact) mass is 236 g/mol. The molecule has 0 radical (unpaired) electrons. The molecule has 17 heavy (non-hydrogen) atoms.